The Hall–Kier alpha value is -3.73. The van der Waals surface area contributed by atoms with Crippen LogP contribution < -0.4 is 16.0 Å². The number of amides is 2. The van der Waals surface area contributed by atoms with Gasteiger partial charge in [-0.3, -0.25) is 14.4 Å². The number of nitrogens with one attached hydrogen (secondary N) is 4. The molecule has 0 radical (unpaired) electrons. The van der Waals surface area contributed by atoms with Crippen LogP contribution in [-0.2, 0) is 36.8 Å². The van der Waals surface area contributed by atoms with Crippen LogP contribution in [0.1, 0.15) is 43.4 Å². The van der Waals surface area contributed by atoms with Gasteiger partial charge in [-0.05, 0) is 31.4 Å². The van der Waals surface area contributed by atoms with Crippen molar-refractivity contribution in [3.8, 4) is 0 Å². The first-order chi connectivity index (χ1) is 17.4. The molecular formula is C25H33N5O6. The van der Waals surface area contributed by atoms with Crippen LogP contribution in [0, 0.1) is 0 Å². The van der Waals surface area contributed by atoms with Gasteiger partial charge in [-0.25, -0.2) is 9.78 Å². The van der Waals surface area contributed by atoms with Gasteiger partial charge in [0, 0.05) is 37.9 Å². The summed E-state index contributed by atoms with van der Waals surface area (Å²) in [5.41, 5.74) is 1.29. The van der Waals surface area contributed by atoms with Gasteiger partial charge in [0.1, 0.15) is 18.7 Å². The Balaban J connectivity index is 1.52. The fourth-order valence-corrected chi connectivity index (χ4v) is 3.97. The molecule has 0 spiro atoms. The molecule has 1 saturated heterocycles. The van der Waals surface area contributed by atoms with E-state index in [0.29, 0.717) is 12.3 Å². The fourth-order valence-electron chi connectivity index (χ4n) is 3.97. The molecule has 2 amide bonds. The molecule has 2 aromatic rings. The lowest BCUT2D eigenvalue weighted by molar-refractivity contribution is -0.144. The summed E-state index contributed by atoms with van der Waals surface area (Å²) in [7, 11) is 0. The van der Waals surface area contributed by atoms with Crippen LogP contribution in [0.25, 0.3) is 0 Å². The van der Waals surface area contributed by atoms with Crippen LogP contribution in [0.15, 0.2) is 42.9 Å². The minimum absolute atomic E-state index is 0.00490. The maximum atomic E-state index is 13.0. The van der Waals surface area contributed by atoms with E-state index in [2.05, 4.69) is 25.9 Å². The normalized spacial score (nSPS) is 16.6. The summed E-state index contributed by atoms with van der Waals surface area (Å²) in [6, 6.07) is 7.11. The Bertz CT molecular complexity index is 992. The summed E-state index contributed by atoms with van der Waals surface area (Å²) in [5, 5.41) is 18.0. The van der Waals surface area contributed by atoms with E-state index >= 15 is 0 Å². The lowest BCUT2D eigenvalue weighted by atomic mass is 10.0. The van der Waals surface area contributed by atoms with E-state index in [-0.39, 0.29) is 44.1 Å². The highest BCUT2D eigenvalue weighted by Crippen LogP contribution is 2.08. The van der Waals surface area contributed by atoms with E-state index in [4.69, 9.17) is 4.74 Å². The summed E-state index contributed by atoms with van der Waals surface area (Å²) < 4.78 is 5.26. The number of carbonyl (C=O) groups excluding carboxylic acids is 3. The molecule has 1 aliphatic heterocycles. The number of nitrogens with zero attached hydrogens (tertiary/aromatic N) is 1. The monoisotopic (exact) mass is 499 g/mol. The number of aromatic nitrogens is 2. The number of esters is 1. The smallest absolute Gasteiger partial charge is 0.326 e. The number of rotatable bonds is 14. The minimum Gasteiger partial charge on any atom is -0.480 e. The van der Waals surface area contributed by atoms with Crippen molar-refractivity contribution < 1.29 is 29.0 Å². The Morgan fingerprint density at radius 2 is 1.89 bits per heavy atom. The summed E-state index contributed by atoms with van der Waals surface area (Å²) >= 11 is 0. The highest BCUT2D eigenvalue weighted by atomic mass is 16.5. The Morgan fingerprint density at radius 3 is 2.56 bits per heavy atom. The number of carbonyl (C=O) groups is 4. The minimum atomic E-state index is -1.21. The zero-order chi connectivity index (χ0) is 25.8. The van der Waals surface area contributed by atoms with Crippen LogP contribution in [0.4, 0.5) is 0 Å². The summed E-state index contributed by atoms with van der Waals surface area (Å²) in [4.78, 5) is 56.0. The lowest BCUT2D eigenvalue weighted by Crippen LogP contribution is -2.53. The van der Waals surface area contributed by atoms with E-state index in [0.717, 1.165) is 24.9 Å². The van der Waals surface area contributed by atoms with Crippen LogP contribution in [-0.4, -0.2) is 70.1 Å². The van der Waals surface area contributed by atoms with Crippen molar-refractivity contribution in [2.24, 2.45) is 0 Å². The molecule has 1 aliphatic rings. The van der Waals surface area contributed by atoms with Gasteiger partial charge >= 0.3 is 11.9 Å². The zero-order valence-corrected chi connectivity index (χ0v) is 20.1. The number of hydrogen-bond donors (Lipinski definition) is 5. The van der Waals surface area contributed by atoms with Crippen LogP contribution in [0.3, 0.4) is 0 Å². The molecule has 1 fully saturated rings. The highest BCUT2D eigenvalue weighted by molar-refractivity contribution is 5.90. The van der Waals surface area contributed by atoms with Crippen LogP contribution in [0.2, 0.25) is 0 Å². The second-order valence-corrected chi connectivity index (χ2v) is 8.80. The molecule has 3 atom stereocenters. The molecule has 194 valence electrons. The van der Waals surface area contributed by atoms with Gasteiger partial charge in [0.15, 0.2) is 0 Å². The van der Waals surface area contributed by atoms with Gasteiger partial charge in [-0.1, -0.05) is 30.3 Å². The number of carboxylic acid groups (broad SMARTS) is 1. The van der Waals surface area contributed by atoms with Crippen LogP contribution in [0.5, 0.6) is 0 Å². The van der Waals surface area contributed by atoms with E-state index < -0.39 is 29.9 Å². The van der Waals surface area contributed by atoms with E-state index in [1.807, 2.05) is 30.3 Å². The van der Waals surface area contributed by atoms with Crippen molar-refractivity contribution in [3.63, 3.8) is 0 Å². The zero-order valence-electron chi connectivity index (χ0n) is 20.1. The van der Waals surface area contributed by atoms with Gasteiger partial charge in [-0.15, -0.1) is 0 Å². The third-order valence-corrected chi connectivity index (χ3v) is 5.91. The third-order valence-electron chi connectivity index (χ3n) is 5.91. The highest BCUT2D eigenvalue weighted by Gasteiger charge is 2.27. The van der Waals surface area contributed by atoms with Gasteiger partial charge in [-0.2, -0.15) is 0 Å². The molecule has 0 saturated carbocycles. The van der Waals surface area contributed by atoms with Crippen molar-refractivity contribution >= 4 is 23.8 Å². The van der Waals surface area contributed by atoms with Crippen molar-refractivity contribution in [2.75, 3.05) is 13.2 Å². The standard InChI is InChI=1S/C25H33N5O6/c31-22(9-4-10-23(32)36-15-18-8-5-11-27-18)29-20(12-17-6-2-1-3-7-17)24(33)30-21(25(34)35)13-19-14-26-16-28-19/h1-3,6-7,14,16,18,20-21,27H,4-5,8-13,15H2,(H,26,28)(H,29,31)(H,30,33)(H,34,35)/t18?,20-,21-/m0/s1. The van der Waals surface area contributed by atoms with E-state index in [9.17, 15) is 24.3 Å². The number of imidazole rings is 1. The molecular weight excluding hydrogens is 466 g/mol. The fraction of sp³-hybridized carbons (Fsp3) is 0.480. The molecule has 1 aromatic heterocycles. The Morgan fingerprint density at radius 1 is 1.08 bits per heavy atom. The lowest BCUT2D eigenvalue weighted by Gasteiger charge is -2.21. The number of benzene rings is 1. The summed E-state index contributed by atoms with van der Waals surface area (Å²) in [6.07, 6.45) is 5.61. The number of hydrogen-bond acceptors (Lipinski definition) is 7. The average Bonchev–Trinajstić information content (AvgIpc) is 3.57. The van der Waals surface area contributed by atoms with Gasteiger partial charge in [0.2, 0.25) is 11.8 Å². The maximum absolute atomic E-state index is 13.0. The van der Waals surface area contributed by atoms with Crippen molar-refractivity contribution in [1.82, 2.24) is 25.9 Å². The molecule has 1 aromatic carbocycles. The summed E-state index contributed by atoms with van der Waals surface area (Å²) in [6.45, 7) is 1.25. The van der Waals surface area contributed by atoms with Gasteiger partial charge < -0.3 is 30.8 Å². The second-order valence-electron chi connectivity index (χ2n) is 8.80. The topological polar surface area (TPSA) is 163 Å². The Labute approximate surface area is 209 Å². The first-order valence-corrected chi connectivity index (χ1v) is 12.1. The number of H-pyrrole nitrogens is 1. The largest absolute Gasteiger partial charge is 0.480 e. The van der Waals surface area contributed by atoms with Crippen molar-refractivity contribution in [3.05, 3.63) is 54.1 Å². The number of carboxylic acids is 1. The first kappa shape index (κ1) is 26.9. The number of aliphatic carboxylic acids is 1. The van der Waals surface area contributed by atoms with Gasteiger partial charge in [0.25, 0.3) is 0 Å². The van der Waals surface area contributed by atoms with E-state index in [1.165, 1.54) is 6.33 Å². The molecule has 11 heteroatoms. The average molecular weight is 500 g/mol. The molecule has 3 rings (SSSR count). The van der Waals surface area contributed by atoms with Gasteiger partial charge in [0.05, 0.1) is 12.0 Å². The molecule has 36 heavy (non-hydrogen) atoms. The molecule has 0 bridgehead atoms. The second kappa shape index (κ2) is 14.0. The predicted molar refractivity (Wildman–Crippen MR) is 130 cm³/mol. The van der Waals surface area contributed by atoms with Crippen molar-refractivity contribution in [1.29, 1.82) is 0 Å². The predicted octanol–water partition coefficient (Wildman–Crippen LogP) is 0.715. The molecule has 0 aliphatic carbocycles. The number of aromatic amines is 1. The molecule has 5 N–H and O–H groups in total. The molecule has 1 unspecified atom stereocenters. The quantitative estimate of drug-likeness (QED) is 0.237. The van der Waals surface area contributed by atoms with Crippen LogP contribution >= 0.6 is 0 Å². The number of ether oxygens (including phenoxy) is 1. The summed E-state index contributed by atoms with van der Waals surface area (Å²) in [5.74, 6) is -2.59. The SMILES string of the molecule is O=C(CCCC(=O)OCC1CCCN1)N[C@@H](Cc1ccccc1)C(=O)N[C@@H](Cc1c[nH]cn1)C(=O)O. The first-order valence-electron chi connectivity index (χ1n) is 12.1. The third kappa shape index (κ3) is 9.14. The Kier molecular flexibility index (Phi) is 10.4. The molecule has 2 heterocycles. The van der Waals surface area contributed by atoms with E-state index in [1.54, 1.807) is 6.20 Å². The molecule has 11 nitrogen and oxygen atoms in total. The maximum Gasteiger partial charge on any atom is 0.326 e. The van der Waals surface area contributed by atoms with Crippen molar-refractivity contribution in [2.45, 2.75) is 63.1 Å².